The molecule has 0 aliphatic rings. The summed E-state index contributed by atoms with van der Waals surface area (Å²) in [5.41, 5.74) is 2.29. The SMILES string of the molecule is O=C(O)Cn1c(-c2ccnnc2)nc2ccccc21. The average Bonchev–Trinajstić information content (AvgIpc) is 2.78. The summed E-state index contributed by atoms with van der Waals surface area (Å²) < 4.78 is 1.66. The van der Waals surface area contributed by atoms with E-state index in [1.807, 2.05) is 24.3 Å². The fourth-order valence-electron chi connectivity index (χ4n) is 2.01. The van der Waals surface area contributed by atoms with Gasteiger partial charge >= 0.3 is 5.97 Å². The van der Waals surface area contributed by atoms with Crippen LogP contribution in [-0.4, -0.2) is 30.8 Å². The number of carboxylic acid groups (broad SMARTS) is 1. The van der Waals surface area contributed by atoms with E-state index >= 15 is 0 Å². The van der Waals surface area contributed by atoms with E-state index in [0.717, 1.165) is 16.6 Å². The molecule has 1 N–H and O–H groups in total. The minimum atomic E-state index is -0.911. The molecular formula is C13H10N4O2. The predicted molar refractivity (Wildman–Crippen MR) is 68.4 cm³/mol. The van der Waals surface area contributed by atoms with Gasteiger partial charge in [-0.2, -0.15) is 10.2 Å². The van der Waals surface area contributed by atoms with Gasteiger partial charge in [0.05, 0.1) is 23.4 Å². The maximum Gasteiger partial charge on any atom is 0.323 e. The number of para-hydroxylation sites is 2. The first kappa shape index (κ1) is 11.3. The van der Waals surface area contributed by atoms with Crippen LogP contribution in [0.25, 0.3) is 22.4 Å². The van der Waals surface area contributed by atoms with Crippen LogP contribution < -0.4 is 0 Å². The van der Waals surface area contributed by atoms with Crippen molar-refractivity contribution in [1.82, 2.24) is 19.7 Å². The minimum absolute atomic E-state index is 0.141. The van der Waals surface area contributed by atoms with Gasteiger partial charge in [-0.15, -0.1) is 0 Å². The van der Waals surface area contributed by atoms with E-state index in [-0.39, 0.29) is 6.54 Å². The van der Waals surface area contributed by atoms with E-state index in [4.69, 9.17) is 5.11 Å². The highest BCUT2D eigenvalue weighted by molar-refractivity contribution is 5.82. The van der Waals surface area contributed by atoms with E-state index in [1.165, 1.54) is 0 Å². The molecule has 94 valence electrons. The molecule has 0 saturated heterocycles. The summed E-state index contributed by atoms with van der Waals surface area (Å²) in [5.74, 6) is -0.329. The maximum atomic E-state index is 11.0. The highest BCUT2D eigenvalue weighted by Crippen LogP contribution is 2.23. The van der Waals surface area contributed by atoms with Crippen molar-refractivity contribution in [2.24, 2.45) is 0 Å². The number of nitrogens with zero attached hydrogens (tertiary/aromatic N) is 4. The van der Waals surface area contributed by atoms with Crippen molar-refractivity contribution in [2.45, 2.75) is 6.54 Å². The normalized spacial score (nSPS) is 10.7. The van der Waals surface area contributed by atoms with Crippen molar-refractivity contribution in [3.05, 3.63) is 42.7 Å². The fourth-order valence-corrected chi connectivity index (χ4v) is 2.01. The lowest BCUT2D eigenvalue weighted by Gasteiger charge is -2.05. The molecule has 0 fully saturated rings. The lowest BCUT2D eigenvalue weighted by atomic mass is 10.3. The number of benzene rings is 1. The van der Waals surface area contributed by atoms with Crippen molar-refractivity contribution in [2.75, 3.05) is 0 Å². The zero-order valence-corrected chi connectivity index (χ0v) is 9.89. The zero-order valence-electron chi connectivity index (χ0n) is 9.89. The molecule has 6 nitrogen and oxygen atoms in total. The first-order chi connectivity index (χ1) is 9.25. The van der Waals surface area contributed by atoms with Gasteiger partial charge in [-0.25, -0.2) is 4.98 Å². The Morgan fingerprint density at radius 2 is 2.05 bits per heavy atom. The molecule has 19 heavy (non-hydrogen) atoms. The summed E-state index contributed by atoms with van der Waals surface area (Å²) in [6.45, 7) is -0.141. The second-order valence-electron chi connectivity index (χ2n) is 4.04. The molecule has 0 aliphatic carbocycles. The van der Waals surface area contributed by atoms with Crippen molar-refractivity contribution < 1.29 is 9.90 Å². The Bertz CT molecular complexity index is 737. The van der Waals surface area contributed by atoms with Gasteiger partial charge in [0.1, 0.15) is 12.4 Å². The highest BCUT2D eigenvalue weighted by atomic mass is 16.4. The Morgan fingerprint density at radius 3 is 2.79 bits per heavy atom. The molecule has 2 heterocycles. The summed E-state index contributed by atoms with van der Waals surface area (Å²) in [6.07, 6.45) is 3.12. The van der Waals surface area contributed by atoms with Gasteiger partial charge in [0.2, 0.25) is 0 Å². The first-order valence-corrected chi connectivity index (χ1v) is 5.70. The molecule has 6 heteroatoms. The first-order valence-electron chi connectivity index (χ1n) is 5.70. The number of fused-ring (bicyclic) bond motifs is 1. The smallest absolute Gasteiger partial charge is 0.323 e. The second-order valence-corrected chi connectivity index (χ2v) is 4.04. The molecule has 0 unspecified atom stereocenters. The molecule has 0 atom stereocenters. The van der Waals surface area contributed by atoms with Crippen LogP contribution in [0.3, 0.4) is 0 Å². The number of hydrogen-bond acceptors (Lipinski definition) is 4. The molecule has 0 spiro atoms. The van der Waals surface area contributed by atoms with Crippen LogP contribution in [-0.2, 0) is 11.3 Å². The van der Waals surface area contributed by atoms with E-state index in [9.17, 15) is 4.79 Å². The van der Waals surface area contributed by atoms with Gasteiger partial charge in [0.25, 0.3) is 0 Å². The predicted octanol–water partition coefficient (Wildman–Crippen LogP) is 1.58. The summed E-state index contributed by atoms with van der Waals surface area (Å²) in [5, 5.41) is 16.6. The topological polar surface area (TPSA) is 80.9 Å². The molecule has 2 aromatic heterocycles. The lowest BCUT2D eigenvalue weighted by molar-refractivity contribution is -0.137. The van der Waals surface area contributed by atoms with Crippen LogP contribution in [0.5, 0.6) is 0 Å². The number of hydrogen-bond donors (Lipinski definition) is 1. The molecular weight excluding hydrogens is 244 g/mol. The number of aromatic nitrogens is 4. The van der Waals surface area contributed by atoms with Crippen LogP contribution in [0.1, 0.15) is 0 Å². The van der Waals surface area contributed by atoms with Gasteiger partial charge in [0, 0.05) is 5.56 Å². The third-order valence-corrected chi connectivity index (χ3v) is 2.79. The molecule has 3 rings (SSSR count). The zero-order chi connectivity index (χ0) is 13.2. The van der Waals surface area contributed by atoms with Crippen LogP contribution in [0, 0.1) is 0 Å². The van der Waals surface area contributed by atoms with Crippen LogP contribution in [0.15, 0.2) is 42.7 Å². The van der Waals surface area contributed by atoms with Gasteiger partial charge in [0.15, 0.2) is 0 Å². The summed E-state index contributed by atoms with van der Waals surface area (Å²) in [6, 6.07) is 9.19. The number of carboxylic acids is 1. The Morgan fingerprint density at radius 1 is 1.21 bits per heavy atom. The van der Waals surface area contributed by atoms with Crippen molar-refractivity contribution in [3.8, 4) is 11.4 Å². The van der Waals surface area contributed by atoms with Gasteiger partial charge < -0.3 is 9.67 Å². The summed E-state index contributed by atoms with van der Waals surface area (Å²) >= 11 is 0. The number of imidazole rings is 1. The average molecular weight is 254 g/mol. The van der Waals surface area contributed by atoms with E-state index in [1.54, 1.807) is 23.0 Å². The Kier molecular flexibility index (Phi) is 2.68. The van der Waals surface area contributed by atoms with Gasteiger partial charge in [-0.1, -0.05) is 12.1 Å². The minimum Gasteiger partial charge on any atom is -0.480 e. The molecule has 0 bridgehead atoms. The number of carbonyl (C=O) groups is 1. The Hall–Kier alpha value is -2.76. The Labute approximate surface area is 108 Å². The summed E-state index contributed by atoms with van der Waals surface area (Å²) in [4.78, 5) is 15.5. The van der Waals surface area contributed by atoms with Crippen molar-refractivity contribution >= 4 is 17.0 Å². The van der Waals surface area contributed by atoms with Gasteiger partial charge in [-0.05, 0) is 18.2 Å². The van der Waals surface area contributed by atoms with Crippen LogP contribution in [0.4, 0.5) is 0 Å². The quantitative estimate of drug-likeness (QED) is 0.767. The molecule has 0 aliphatic heterocycles. The largest absolute Gasteiger partial charge is 0.480 e. The van der Waals surface area contributed by atoms with Crippen molar-refractivity contribution in [1.29, 1.82) is 0 Å². The van der Waals surface area contributed by atoms with Gasteiger partial charge in [-0.3, -0.25) is 4.79 Å². The van der Waals surface area contributed by atoms with Crippen LogP contribution in [0.2, 0.25) is 0 Å². The Balaban J connectivity index is 2.26. The third-order valence-electron chi connectivity index (χ3n) is 2.79. The third kappa shape index (κ3) is 2.03. The molecule has 3 aromatic rings. The summed E-state index contributed by atoms with van der Waals surface area (Å²) in [7, 11) is 0. The maximum absolute atomic E-state index is 11.0. The van der Waals surface area contributed by atoms with E-state index < -0.39 is 5.97 Å². The molecule has 1 aromatic carbocycles. The standard InChI is InChI=1S/C13H10N4O2/c18-12(19)8-17-11-4-2-1-3-10(11)16-13(17)9-5-6-14-15-7-9/h1-7H,8H2,(H,18,19). The fraction of sp³-hybridized carbons (Fsp3) is 0.0769. The molecule has 0 radical (unpaired) electrons. The number of rotatable bonds is 3. The number of aliphatic carboxylic acids is 1. The van der Waals surface area contributed by atoms with Crippen molar-refractivity contribution in [3.63, 3.8) is 0 Å². The molecule has 0 amide bonds. The van der Waals surface area contributed by atoms with E-state index in [0.29, 0.717) is 5.82 Å². The molecule has 0 saturated carbocycles. The lowest BCUT2D eigenvalue weighted by Crippen LogP contribution is -2.10. The highest BCUT2D eigenvalue weighted by Gasteiger charge is 2.14. The van der Waals surface area contributed by atoms with Crippen LogP contribution >= 0.6 is 0 Å². The second kappa shape index (κ2) is 4.49. The van der Waals surface area contributed by atoms with E-state index in [2.05, 4.69) is 15.2 Å². The monoisotopic (exact) mass is 254 g/mol.